The number of aromatic nitrogens is 2. The van der Waals surface area contributed by atoms with Gasteiger partial charge in [-0.05, 0) is 32.4 Å². The van der Waals surface area contributed by atoms with Crippen LogP contribution in [0.4, 0.5) is 0 Å². The Bertz CT molecular complexity index is 344. The highest BCUT2D eigenvalue weighted by molar-refractivity contribution is 5.06. The van der Waals surface area contributed by atoms with Crippen LogP contribution in [-0.4, -0.2) is 47.2 Å². The number of hydrogen-bond acceptors (Lipinski definition) is 5. The van der Waals surface area contributed by atoms with E-state index in [0.717, 1.165) is 38.2 Å². The van der Waals surface area contributed by atoms with Crippen molar-refractivity contribution in [3.05, 3.63) is 24.3 Å². The Morgan fingerprint density at radius 1 is 1.61 bits per heavy atom. The number of piperidine rings is 1. The standard InChI is InChI=1S/C13H22N4O/c1-2-18-11-4-3-7-17(9-11)13(8-14)12-5-6-15-10-16-12/h5-6,10-11,13H,2-4,7-9,14H2,1H3. The normalized spacial score (nSPS) is 22.9. The van der Waals surface area contributed by atoms with Crippen molar-refractivity contribution < 1.29 is 4.74 Å². The molecule has 1 aliphatic heterocycles. The molecule has 5 heteroatoms. The number of nitrogens with two attached hydrogens (primary N) is 1. The van der Waals surface area contributed by atoms with Crippen LogP contribution in [0.1, 0.15) is 31.5 Å². The molecule has 2 atom stereocenters. The number of likely N-dealkylation sites (tertiary alicyclic amines) is 1. The molecule has 0 amide bonds. The summed E-state index contributed by atoms with van der Waals surface area (Å²) in [5, 5.41) is 0. The first-order chi connectivity index (χ1) is 8.85. The zero-order chi connectivity index (χ0) is 12.8. The van der Waals surface area contributed by atoms with E-state index in [1.807, 2.05) is 13.0 Å². The minimum atomic E-state index is 0.177. The summed E-state index contributed by atoms with van der Waals surface area (Å²) in [6.07, 6.45) is 5.99. The second kappa shape index (κ2) is 6.78. The van der Waals surface area contributed by atoms with Gasteiger partial charge in [0.1, 0.15) is 6.33 Å². The molecule has 2 heterocycles. The van der Waals surface area contributed by atoms with Crippen LogP contribution < -0.4 is 5.73 Å². The summed E-state index contributed by atoms with van der Waals surface area (Å²) in [7, 11) is 0. The molecule has 2 rings (SSSR count). The zero-order valence-electron chi connectivity index (χ0n) is 11.0. The van der Waals surface area contributed by atoms with E-state index in [1.165, 1.54) is 0 Å². The lowest BCUT2D eigenvalue weighted by atomic mass is 10.0. The van der Waals surface area contributed by atoms with E-state index >= 15 is 0 Å². The molecule has 1 aromatic rings. The topological polar surface area (TPSA) is 64.3 Å². The predicted octanol–water partition coefficient (Wildman–Crippen LogP) is 0.977. The summed E-state index contributed by atoms with van der Waals surface area (Å²) < 4.78 is 5.73. The third-order valence-corrected chi connectivity index (χ3v) is 3.42. The summed E-state index contributed by atoms with van der Waals surface area (Å²) in [5.74, 6) is 0. The summed E-state index contributed by atoms with van der Waals surface area (Å²) in [6.45, 7) is 5.41. The molecule has 0 bridgehead atoms. The smallest absolute Gasteiger partial charge is 0.115 e. The quantitative estimate of drug-likeness (QED) is 0.844. The molecule has 2 unspecified atom stereocenters. The Hall–Kier alpha value is -1.04. The highest BCUT2D eigenvalue weighted by Crippen LogP contribution is 2.23. The monoisotopic (exact) mass is 250 g/mol. The molecular formula is C13H22N4O. The third kappa shape index (κ3) is 3.25. The van der Waals surface area contributed by atoms with E-state index in [9.17, 15) is 0 Å². The van der Waals surface area contributed by atoms with Crippen molar-refractivity contribution in [1.29, 1.82) is 0 Å². The molecule has 0 aliphatic carbocycles. The van der Waals surface area contributed by atoms with Crippen LogP contribution in [0.3, 0.4) is 0 Å². The lowest BCUT2D eigenvalue weighted by Crippen LogP contribution is -2.44. The van der Waals surface area contributed by atoms with E-state index in [2.05, 4.69) is 14.9 Å². The van der Waals surface area contributed by atoms with Crippen molar-refractivity contribution in [2.45, 2.75) is 31.9 Å². The van der Waals surface area contributed by atoms with Gasteiger partial charge >= 0.3 is 0 Å². The average molecular weight is 250 g/mol. The summed E-state index contributed by atoms with van der Waals surface area (Å²) in [4.78, 5) is 10.7. The minimum absolute atomic E-state index is 0.177. The van der Waals surface area contributed by atoms with Gasteiger partial charge in [0.15, 0.2) is 0 Å². The van der Waals surface area contributed by atoms with Crippen LogP contribution >= 0.6 is 0 Å². The largest absolute Gasteiger partial charge is 0.377 e. The zero-order valence-corrected chi connectivity index (χ0v) is 11.0. The lowest BCUT2D eigenvalue weighted by Gasteiger charge is -2.37. The first-order valence-electron chi connectivity index (χ1n) is 6.66. The highest BCUT2D eigenvalue weighted by Gasteiger charge is 2.26. The average Bonchev–Trinajstić information content (AvgIpc) is 2.42. The Kier molecular flexibility index (Phi) is 5.04. The van der Waals surface area contributed by atoms with Crippen molar-refractivity contribution in [3.63, 3.8) is 0 Å². The van der Waals surface area contributed by atoms with Crippen molar-refractivity contribution >= 4 is 0 Å². The Morgan fingerprint density at radius 3 is 3.17 bits per heavy atom. The molecule has 18 heavy (non-hydrogen) atoms. The molecule has 0 spiro atoms. The molecule has 2 N–H and O–H groups in total. The molecule has 1 fully saturated rings. The molecule has 5 nitrogen and oxygen atoms in total. The second-order valence-electron chi connectivity index (χ2n) is 4.60. The number of ether oxygens (including phenoxy) is 1. The van der Waals surface area contributed by atoms with E-state index in [1.54, 1.807) is 12.5 Å². The van der Waals surface area contributed by atoms with Gasteiger partial charge in [-0.25, -0.2) is 9.97 Å². The molecule has 0 aromatic carbocycles. The van der Waals surface area contributed by atoms with E-state index in [-0.39, 0.29) is 6.04 Å². The highest BCUT2D eigenvalue weighted by atomic mass is 16.5. The maximum Gasteiger partial charge on any atom is 0.115 e. The van der Waals surface area contributed by atoms with E-state index < -0.39 is 0 Å². The van der Waals surface area contributed by atoms with Gasteiger partial charge in [-0.1, -0.05) is 0 Å². The fraction of sp³-hybridized carbons (Fsp3) is 0.692. The van der Waals surface area contributed by atoms with Crippen molar-refractivity contribution in [3.8, 4) is 0 Å². The summed E-state index contributed by atoms with van der Waals surface area (Å²) in [5.41, 5.74) is 6.92. The van der Waals surface area contributed by atoms with E-state index in [0.29, 0.717) is 12.6 Å². The van der Waals surface area contributed by atoms with Crippen LogP contribution in [0.25, 0.3) is 0 Å². The van der Waals surface area contributed by atoms with Crippen LogP contribution in [0.2, 0.25) is 0 Å². The van der Waals surface area contributed by atoms with Crippen LogP contribution in [0.15, 0.2) is 18.6 Å². The van der Waals surface area contributed by atoms with Gasteiger partial charge in [-0.3, -0.25) is 4.90 Å². The first-order valence-corrected chi connectivity index (χ1v) is 6.66. The van der Waals surface area contributed by atoms with Gasteiger partial charge in [-0.15, -0.1) is 0 Å². The molecule has 1 aromatic heterocycles. The van der Waals surface area contributed by atoms with Gasteiger partial charge in [0.05, 0.1) is 17.8 Å². The van der Waals surface area contributed by atoms with Gasteiger partial charge in [-0.2, -0.15) is 0 Å². The molecular weight excluding hydrogens is 228 g/mol. The van der Waals surface area contributed by atoms with Gasteiger partial charge in [0, 0.05) is 25.9 Å². The van der Waals surface area contributed by atoms with Gasteiger partial charge < -0.3 is 10.5 Å². The number of hydrogen-bond donors (Lipinski definition) is 1. The molecule has 1 aliphatic rings. The van der Waals surface area contributed by atoms with Gasteiger partial charge in [0.25, 0.3) is 0 Å². The van der Waals surface area contributed by atoms with Crippen molar-refractivity contribution in [1.82, 2.24) is 14.9 Å². The lowest BCUT2D eigenvalue weighted by molar-refractivity contribution is -0.00713. The molecule has 0 radical (unpaired) electrons. The predicted molar refractivity (Wildman–Crippen MR) is 70.0 cm³/mol. The van der Waals surface area contributed by atoms with Crippen LogP contribution in [0.5, 0.6) is 0 Å². The SMILES string of the molecule is CCOC1CCCN(C(CN)c2ccncn2)C1. The third-order valence-electron chi connectivity index (χ3n) is 3.42. The summed E-state index contributed by atoms with van der Waals surface area (Å²) in [6, 6.07) is 2.12. The molecule has 100 valence electrons. The maximum absolute atomic E-state index is 5.91. The number of rotatable bonds is 5. The van der Waals surface area contributed by atoms with Crippen molar-refractivity contribution in [2.24, 2.45) is 5.73 Å². The van der Waals surface area contributed by atoms with E-state index in [4.69, 9.17) is 10.5 Å². The maximum atomic E-state index is 5.91. The van der Waals surface area contributed by atoms with Crippen LogP contribution in [-0.2, 0) is 4.74 Å². The Labute approximate surface area is 108 Å². The fourth-order valence-corrected chi connectivity index (χ4v) is 2.58. The Morgan fingerprint density at radius 2 is 2.50 bits per heavy atom. The first kappa shape index (κ1) is 13.4. The molecule has 0 saturated carbocycles. The van der Waals surface area contributed by atoms with Gasteiger partial charge in [0.2, 0.25) is 0 Å². The summed E-state index contributed by atoms with van der Waals surface area (Å²) >= 11 is 0. The Balaban J connectivity index is 2.03. The minimum Gasteiger partial charge on any atom is -0.377 e. The van der Waals surface area contributed by atoms with Crippen LogP contribution in [0, 0.1) is 0 Å². The number of nitrogens with zero attached hydrogens (tertiary/aromatic N) is 3. The molecule has 1 saturated heterocycles. The second-order valence-corrected chi connectivity index (χ2v) is 4.60. The fourth-order valence-electron chi connectivity index (χ4n) is 2.58. The van der Waals surface area contributed by atoms with Crippen molar-refractivity contribution in [2.75, 3.05) is 26.2 Å².